The van der Waals surface area contributed by atoms with Crippen LogP contribution in [0.2, 0.25) is 0 Å². The molecule has 31 heavy (non-hydrogen) atoms. The molecule has 0 unspecified atom stereocenters. The van der Waals surface area contributed by atoms with Crippen molar-refractivity contribution < 1.29 is 19.0 Å². The van der Waals surface area contributed by atoms with E-state index in [0.29, 0.717) is 31.9 Å². The van der Waals surface area contributed by atoms with E-state index in [1.807, 2.05) is 54.7 Å². The van der Waals surface area contributed by atoms with Crippen LogP contribution in [0.3, 0.4) is 0 Å². The summed E-state index contributed by atoms with van der Waals surface area (Å²) in [4.78, 5) is 2.10. The van der Waals surface area contributed by atoms with Crippen LogP contribution >= 0.6 is 0 Å². The average molecular weight is 425 g/mol. The van der Waals surface area contributed by atoms with Gasteiger partial charge in [0.2, 0.25) is 0 Å². The van der Waals surface area contributed by atoms with Gasteiger partial charge in [0.15, 0.2) is 0 Å². The highest BCUT2D eigenvalue weighted by Gasteiger charge is 2.14. The molecule has 1 aromatic heterocycles. The Hall–Kier alpha value is -3.09. The number of nitrogens with zero attached hydrogens (tertiary/aromatic N) is 2. The van der Waals surface area contributed by atoms with Gasteiger partial charge in [0.25, 0.3) is 0 Å². The van der Waals surface area contributed by atoms with Crippen LogP contribution in [0.25, 0.3) is 0 Å². The van der Waals surface area contributed by atoms with E-state index in [4.69, 9.17) is 9.47 Å². The van der Waals surface area contributed by atoms with Gasteiger partial charge in [0.05, 0.1) is 7.11 Å². The van der Waals surface area contributed by atoms with Crippen molar-refractivity contribution >= 4 is 0 Å². The van der Waals surface area contributed by atoms with Crippen molar-refractivity contribution in [1.82, 2.24) is 9.47 Å². The molecule has 1 heterocycles. The lowest BCUT2D eigenvalue weighted by Crippen LogP contribution is -2.36. The summed E-state index contributed by atoms with van der Waals surface area (Å²) in [6, 6.07) is 17.9. The van der Waals surface area contributed by atoms with Gasteiger partial charge in [0, 0.05) is 38.1 Å². The van der Waals surface area contributed by atoms with Crippen molar-refractivity contribution in [3.63, 3.8) is 0 Å². The van der Waals surface area contributed by atoms with Crippen LogP contribution in [0.1, 0.15) is 11.3 Å². The van der Waals surface area contributed by atoms with Gasteiger partial charge >= 0.3 is 0 Å². The van der Waals surface area contributed by atoms with Gasteiger partial charge in [-0.05, 0) is 54.1 Å². The van der Waals surface area contributed by atoms with Gasteiger partial charge in [0.1, 0.15) is 30.0 Å². The Labute approximate surface area is 183 Å². The van der Waals surface area contributed by atoms with Crippen LogP contribution in [0, 0.1) is 5.82 Å². The Balaban J connectivity index is 1.56. The van der Waals surface area contributed by atoms with E-state index >= 15 is 0 Å². The highest BCUT2D eigenvalue weighted by molar-refractivity contribution is 5.31. The molecule has 0 aliphatic rings. The standard InChI is InChI=1S/C25H29FN2O3/c1-3-13-27(18-23(29)19-31-25-11-9-24(30-2)10-12-25)17-22-8-5-14-28(22)16-20-6-4-7-21(26)15-20/h3-12,14-15,23,29H,1,13,16-19H2,2H3/t23-/m1/s1. The first kappa shape index (κ1) is 22.6. The smallest absolute Gasteiger partial charge is 0.123 e. The number of aliphatic hydroxyl groups excluding tert-OH is 1. The molecule has 1 atom stereocenters. The first-order chi connectivity index (χ1) is 15.1. The van der Waals surface area contributed by atoms with E-state index in [1.165, 1.54) is 6.07 Å². The first-order valence-corrected chi connectivity index (χ1v) is 10.2. The summed E-state index contributed by atoms with van der Waals surface area (Å²) in [5.74, 6) is 1.20. The molecule has 3 aromatic rings. The molecule has 0 amide bonds. The van der Waals surface area contributed by atoms with E-state index in [0.717, 1.165) is 17.0 Å². The third kappa shape index (κ3) is 6.98. The van der Waals surface area contributed by atoms with E-state index in [-0.39, 0.29) is 12.4 Å². The Bertz CT molecular complexity index is 955. The van der Waals surface area contributed by atoms with E-state index in [9.17, 15) is 9.50 Å². The maximum Gasteiger partial charge on any atom is 0.123 e. The summed E-state index contributed by atoms with van der Waals surface area (Å²) >= 11 is 0. The number of benzene rings is 2. The van der Waals surface area contributed by atoms with Crippen LogP contribution in [-0.4, -0.2) is 47.5 Å². The first-order valence-electron chi connectivity index (χ1n) is 10.2. The molecule has 0 saturated carbocycles. The predicted molar refractivity (Wildman–Crippen MR) is 120 cm³/mol. The van der Waals surface area contributed by atoms with Crippen molar-refractivity contribution in [2.45, 2.75) is 19.2 Å². The van der Waals surface area contributed by atoms with Crippen LogP contribution in [0.5, 0.6) is 11.5 Å². The number of methoxy groups -OCH3 is 1. The van der Waals surface area contributed by atoms with Crippen molar-refractivity contribution in [3.05, 3.63) is 96.6 Å². The number of aromatic nitrogens is 1. The second kappa shape index (κ2) is 11.3. The van der Waals surface area contributed by atoms with Gasteiger partial charge in [-0.1, -0.05) is 18.2 Å². The zero-order chi connectivity index (χ0) is 22.1. The second-order valence-corrected chi connectivity index (χ2v) is 7.38. The van der Waals surface area contributed by atoms with E-state index in [1.54, 1.807) is 19.2 Å². The van der Waals surface area contributed by atoms with Crippen LogP contribution in [0.15, 0.2) is 79.5 Å². The molecule has 5 nitrogen and oxygen atoms in total. The van der Waals surface area contributed by atoms with Crippen LogP contribution < -0.4 is 9.47 Å². The molecule has 6 heteroatoms. The summed E-state index contributed by atoms with van der Waals surface area (Å²) in [6.45, 7) is 6.31. The maximum absolute atomic E-state index is 13.5. The SMILES string of the molecule is C=CCN(Cc1cccn1Cc1cccc(F)c1)C[C@@H](O)COc1ccc(OC)cc1. The summed E-state index contributed by atoms with van der Waals surface area (Å²) in [7, 11) is 1.61. The summed E-state index contributed by atoms with van der Waals surface area (Å²) in [6.07, 6.45) is 3.14. The molecule has 2 aromatic carbocycles. The molecule has 0 aliphatic carbocycles. The average Bonchev–Trinajstić information content (AvgIpc) is 3.19. The normalized spacial score (nSPS) is 12.0. The molecule has 0 aliphatic heterocycles. The highest BCUT2D eigenvalue weighted by atomic mass is 19.1. The van der Waals surface area contributed by atoms with Crippen molar-refractivity contribution in [2.24, 2.45) is 0 Å². The third-order valence-electron chi connectivity index (χ3n) is 4.91. The minimum atomic E-state index is -0.659. The number of rotatable bonds is 12. The van der Waals surface area contributed by atoms with Crippen molar-refractivity contribution in [2.75, 3.05) is 26.8 Å². The number of halogens is 1. The fourth-order valence-corrected chi connectivity index (χ4v) is 3.41. The fraction of sp³-hybridized carbons (Fsp3) is 0.280. The quantitative estimate of drug-likeness (QED) is 0.445. The van der Waals surface area contributed by atoms with Gasteiger partial charge in [-0.2, -0.15) is 0 Å². The molecule has 164 valence electrons. The van der Waals surface area contributed by atoms with Gasteiger partial charge < -0.3 is 19.1 Å². The number of hydrogen-bond donors (Lipinski definition) is 1. The molecule has 0 radical (unpaired) electrons. The fourth-order valence-electron chi connectivity index (χ4n) is 3.41. The molecule has 0 saturated heterocycles. The van der Waals surface area contributed by atoms with E-state index in [2.05, 4.69) is 16.0 Å². The zero-order valence-corrected chi connectivity index (χ0v) is 17.8. The Morgan fingerprint density at radius 1 is 1.13 bits per heavy atom. The Kier molecular flexibility index (Phi) is 8.27. The maximum atomic E-state index is 13.5. The third-order valence-corrected chi connectivity index (χ3v) is 4.91. The number of aliphatic hydroxyl groups is 1. The second-order valence-electron chi connectivity index (χ2n) is 7.38. The minimum absolute atomic E-state index is 0.185. The monoisotopic (exact) mass is 424 g/mol. The van der Waals surface area contributed by atoms with Crippen molar-refractivity contribution in [3.8, 4) is 11.5 Å². The lowest BCUT2D eigenvalue weighted by molar-refractivity contribution is 0.0689. The predicted octanol–water partition coefficient (Wildman–Crippen LogP) is 4.11. The minimum Gasteiger partial charge on any atom is -0.497 e. The lowest BCUT2D eigenvalue weighted by Gasteiger charge is -2.24. The van der Waals surface area contributed by atoms with Gasteiger partial charge in [-0.15, -0.1) is 6.58 Å². The molecular formula is C25H29FN2O3. The number of hydrogen-bond acceptors (Lipinski definition) is 4. The molecule has 0 fully saturated rings. The largest absolute Gasteiger partial charge is 0.497 e. The molecule has 3 rings (SSSR count). The molecule has 1 N–H and O–H groups in total. The summed E-state index contributed by atoms with van der Waals surface area (Å²) in [5.41, 5.74) is 1.98. The molecule has 0 bridgehead atoms. The summed E-state index contributed by atoms with van der Waals surface area (Å²) < 4.78 is 26.4. The number of ether oxygens (including phenoxy) is 2. The van der Waals surface area contributed by atoms with Crippen LogP contribution in [-0.2, 0) is 13.1 Å². The van der Waals surface area contributed by atoms with E-state index < -0.39 is 6.10 Å². The van der Waals surface area contributed by atoms with Gasteiger partial charge in [-0.25, -0.2) is 4.39 Å². The molecular weight excluding hydrogens is 395 g/mol. The highest BCUT2D eigenvalue weighted by Crippen LogP contribution is 2.17. The summed E-state index contributed by atoms with van der Waals surface area (Å²) in [5, 5.41) is 10.5. The van der Waals surface area contributed by atoms with Gasteiger partial charge in [-0.3, -0.25) is 4.90 Å². The topological polar surface area (TPSA) is 46.9 Å². The van der Waals surface area contributed by atoms with Crippen LogP contribution in [0.4, 0.5) is 4.39 Å². The molecule has 0 spiro atoms. The lowest BCUT2D eigenvalue weighted by atomic mass is 10.2. The van der Waals surface area contributed by atoms with Crippen molar-refractivity contribution in [1.29, 1.82) is 0 Å². The Morgan fingerprint density at radius 3 is 2.61 bits per heavy atom. The Morgan fingerprint density at radius 2 is 1.90 bits per heavy atom. The zero-order valence-electron chi connectivity index (χ0n) is 17.8.